The topological polar surface area (TPSA) is 78.2 Å². The molecule has 0 aliphatic carbocycles. The standard InChI is InChI=1S/C16H21FN4O2S/c1-9(2)23-12-7-10(17)5-6-11(12)20-15(18-3)14-16(19-4)24-13(8-22)21-14/h5-7,9,18,20,22H,8H2,1-4H3/b15-14-,19-16+. The largest absolute Gasteiger partial charge is 0.489 e. The molecule has 6 nitrogen and oxygen atoms in total. The fourth-order valence-corrected chi connectivity index (χ4v) is 2.82. The van der Waals surface area contributed by atoms with Gasteiger partial charge in [-0.05, 0) is 26.0 Å². The number of rotatable bonds is 6. The molecule has 0 aromatic heterocycles. The Bertz CT molecular complexity index is 701. The van der Waals surface area contributed by atoms with Crippen LogP contribution in [0.15, 0.2) is 39.7 Å². The number of ether oxygens (including phenoxy) is 1. The van der Waals surface area contributed by atoms with Gasteiger partial charge in [-0.1, -0.05) is 11.8 Å². The first kappa shape index (κ1) is 18.3. The van der Waals surface area contributed by atoms with Crippen LogP contribution in [0.5, 0.6) is 5.75 Å². The lowest BCUT2D eigenvalue weighted by Crippen LogP contribution is -2.19. The second-order valence-electron chi connectivity index (χ2n) is 5.20. The van der Waals surface area contributed by atoms with Crippen molar-refractivity contribution in [1.29, 1.82) is 0 Å². The molecular weight excluding hydrogens is 331 g/mol. The summed E-state index contributed by atoms with van der Waals surface area (Å²) in [5.74, 6) is 0.625. The second-order valence-corrected chi connectivity index (χ2v) is 6.26. The third-order valence-corrected chi connectivity index (χ3v) is 4.07. The smallest absolute Gasteiger partial charge is 0.146 e. The van der Waals surface area contributed by atoms with E-state index in [-0.39, 0.29) is 18.5 Å². The number of benzene rings is 1. The Morgan fingerprint density at radius 3 is 2.79 bits per heavy atom. The van der Waals surface area contributed by atoms with Crippen LogP contribution in [0.4, 0.5) is 10.1 Å². The molecule has 0 amide bonds. The van der Waals surface area contributed by atoms with Crippen molar-refractivity contribution < 1.29 is 14.2 Å². The molecule has 24 heavy (non-hydrogen) atoms. The van der Waals surface area contributed by atoms with E-state index in [1.54, 1.807) is 20.2 Å². The zero-order valence-corrected chi connectivity index (χ0v) is 14.9. The molecule has 1 aromatic carbocycles. The third-order valence-electron chi connectivity index (χ3n) is 3.04. The van der Waals surface area contributed by atoms with Crippen LogP contribution in [-0.4, -0.2) is 42.0 Å². The summed E-state index contributed by atoms with van der Waals surface area (Å²) in [7, 11) is 3.41. The lowest BCUT2D eigenvalue weighted by atomic mass is 10.2. The van der Waals surface area contributed by atoms with Crippen LogP contribution in [0.25, 0.3) is 0 Å². The minimum atomic E-state index is -0.373. The first-order chi connectivity index (χ1) is 11.5. The maximum Gasteiger partial charge on any atom is 0.146 e. The van der Waals surface area contributed by atoms with E-state index in [1.807, 2.05) is 13.8 Å². The molecule has 0 atom stereocenters. The van der Waals surface area contributed by atoms with Crippen molar-refractivity contribution >= 4 is 27.5 Å². The summed E-state index contributed by atoms with van der Waals surface area (Å²) in [6.45, 7) is 3.60. The van der Waals surface area contributed by atoms with E-state index in [1.165, 1.54) is 23.9 Å². The molecule has 2 rings (SSSR count). The molecule has 1 aromatic rings. The fourth-order valence-electron chi connectivity index (χ4n) is 2.06. The van der Waals surface area contributed by atoms with Crippen LogP contribution in [0.2, 0.25) is 0 Å². The van der Waals surface area contributed by atoms with Gasteiger partial charge in [0.15, 0.2) is 0 Å². The molecule has 3 N–H and O–H groups in total. The van der Waals surface area contributed by atoms with Gasteiger partial charge in [0, 0.05) is 20.2 Å². The number of nitrogens with one attached hydrogen (secondary N) is 2. The zero-order valence-electron chi connectivity index (χ0n) is 14.1. The molecule has 8 heteroatoms. The summed E-state index contributed by atoms with van der Waals surface area (Å²) < 4.78 is 19.2. The first-order valence-corrected chi connectivity index (χ1v) is 8.28. The summed E-state index contributed by atoms with van der Waals surface area (Å²) in [4.78, 5) is 8.56. The average Bonchev–Trinajstić information content (AvgIpc) is 2.97. The number of halogens is 1. The lowest BCUT2D eigenvalue weighted by Gasteiger charge is -2.18. The summed E-state index contributed by atoms with van der Waals surface area (Å²) in [5, 5.41) is 16.7. The van der Waals surface area contributed by atoms with Crippen LogP contribution in [-0.2, 0) is 0 Å². The lowest BCUT2D eigenvalue weighted by molar-refractivity contribution is 0.242. The first-order valence-electron chi connectivity index (χ1n) is 7.47. The fraction of sp³-hybridized carbons (Fsp3) is 0.375. The van der Waals surface area contributed by atoms with Crippen LogP contribution in [0, 0.1) is 5.82 Å². The Labute approximate surface area is 144 Å². The van der Waals surface area contributed by atoms with Gasteiger partial charge in [-0.2, -0.15) is 0 Å². The minimum absolute atomic E-state index is 0.0909. The number of hydrogen-bond donors (Lipinski definition) is 3. The van der Waals surface area contributed by atoms with Crippen LogP contribution in [0.1, 0.15) is 13.8 Å². The highest BCUT2D eigenvalue weighted by Gasteiger charge is 2.23. The number of aliphatic imine (C=N–C) groups is 2. The van der Waals surface area contributed by atoms with Gasteiger partial charge < -0.3 is 20.5 Å². The Morgan fingerprint density at radius 2 is 2.21 bits per heavy atom. The van der Waals surface area contributed by atoms with E-state index >= 15 is 0 Å². The van der Waals surface area contributed by atoms with E-state index in [4.69, 9.17) is 4.74 Å². The highest BCUT2D eigenvalue weighted by atomic mass is 32.2. The third kappa shape index (κ3) is 4.27. The van der Waals surface area contributed by atoms with E-state index in [9.17, 15) is 9.50 Å². The van der Waals surface area contributed by atoms with Crippen molar-refractivity contribution in [2.24, 2.45) is 9.98 Å². The molecular formula is C16H21FN4O2S. The number of aliphatic hydroxyl groups is 1. The summed E-state index contributed by atoms with van der Waals surface area (Å²) in [6, 6.07) is 4.29. The number of aliphatic hydroxyl groups excluding tert-OH is 1. The van der Waals surface area contributed by atoms with Crippen molar-refractivity contribution in [1.82, 2.24) is 5.32 Å². The Kier molecular flexibility index (Phi) is 6.22. The van der Waals surface area contributed by atoms with Crippen molar-refractivity contribution in [3.63, 3.8) is 0 Å². The molecule has 1 aliphatic rings. The van der Waals surface area contributed by atoms with Crippen LogP contribution in [0.3, 0.4) is 0 Å². The number of anilines is 1. The molecule has 0 bridgehead atoms. The zero-order chi connectivity index (χ0) is 17.7. The highest BCUT2D eigenvalue weighted by molar-refractivity contribution is 8.27. The number of nitrogens with zero attached hydrogens (tertiary/aromatic N) is 2. The SMILES string of the molecule is C/N=C1/SC(CO)=N/C1=C(/NC)Nc1ccc(F)cc1OC(C)C. The Morgan fingerprint density at radius 1 is 1.46 bits per heavy atom. The molecule has 1 heterocycles. The summed E-state index contributed by atoms with van der Waals surface area (Å²) in [6.07, 6.45) is -0.0909. The molecule has 1 aliphatic heterocycles. The van der Waals surface area contributed by atoms with Crippen LogP contribution >= 0.6 is 11.8 Å². The van der Waals surface area contributed by atoms with Gasteiger partial charge in [0.25, 0.3) is 0 Å². The minimum Gasteiger partial charge on any atom is -0.489 e. The monoisotopic (exact) mass is 352 g/mol. The predicted molar refractivity (Wildman–Crippen MR) is 97.3 cm³/mol. The van der Waals surface area contributed by atoms with E-state index in [0.29, 0.717) is 33.0 Å². The average molecular weight is 352 g/mol. The summed E-state index contributed by atoms with van der Waals surface area (Å²) in [5.41, 5.74) is 1.20. The molecule has 0 saturated heterocycles. The molecule has 0 spiro atoms. The maximum atomic E-state index is 13.5. The number of thioether (sulfide) groups is 1. The normalized spacial score (nSPS) is 18.0. The number of hydrogen-bond acceptors (Lipinski definition) is 7. The van der Waals surface area contributed by atoms with Gasteiger partial charge in [-0.3, -0.25) is 4.99 Å². The van der Waals surface area contributed by atoms with Crippen molar-refractivity contribution in [3.8, 4) is 5.75 Å². The molecule has 0 fully saturated rings. The van der Waals surface area contributed by atoms with Gasteiger partial charge in [-0.15, -0.1) is 0 Å². The van der Waals surface area contributed by atoms with Gasteiger partial charge in [0.05, 0.1) is 18.4 Å². The van der Waals surface area contributed by atoms with Crippen molar-refractivity contribution in [3.05, 3.63) is 35.5 Å². The van der Waals surface area contributed by atoms with Crippen molar-refractivity contribution in [2.45, 2.75) is 20.0 Å². The quantitative estimate of drug-likeness (QED) is 0.733. The molecule has 0 radical (unpaired) electrons. The Hall–Kier alpha value is -2.06. The van der Waals surface area contributed by atoms with E-state index in [0.717, 1.165) is 0 Å². The maximum absolute atomic E-state index is 13.5. The molecule has 130 valence electrons. The van der Waals surface area contributed by atoms with Crippen LogP contribution < -0.4 is 15.4 Å². The van der Waals surface area contributed by atoms with E-state index in [2.05, 4.69) is 20.6 Å². The molecule has 0 saturated carbocycles. The van der Waals surface area contributed by atoms with Crippen molar-refractivity contribution in [2.75, 3.05) is 26.0 Å². The second kappa shape index (κ2) is 8.16. The van der Waals surface area contributed by atoms with Gasteiger partial charge in [-0.25, -0.2) is 9.38 Å². The Balaban J connectivity index is 2.41. The van der Waals surface area contributed by atoms with Gasteiger partial charge >= 0.3 is 0 Å². The van der Waals surface area contributed by atoms with Gasteiger partial charge in [0.2, 0.25) is 0 Å². The highest BCUT2D eigenvalue weighted by Crippen LogP contribution is 2.31. The summed E-state index contributed by atoms with van der Waals surface area (Å²) >= 11 is 1.31. The van der Waals surface area contributed by atoms with Gasteiger partial charge in [0.1, 0.15) is 33.2 Å². The molecule has 0 unspecified atom stereocenters. The predicted octanol–water partition coefficient (Wildman–Crippen LogP) is 2.58. The van der Waals surface area contributed by atoms with E-state index < -0.39 is 0 Å².